The number of anilines is 3. The Kier molecular flexibility index (Phi) is 23.9. The molecule has 0 spiro atoms. The topological polar surface area (TPSA) is 345 Å². The standard InChI is InChI=1S/C60H69N21O6S3/c1-4-77(37-35-63-73-61)55-23-11-47(12-24-55)65-69-51-19-31-59(32-20-51)89(84,85)43-7-9-53-45-80(75-71-53)41-39-79(57-27-15-49(16-28-57)67-68-50-17-29-58(30-18-50)88(82,83)6-3)40-42-81-46-54(72-76-81)10-8-44-90(86,87)60-33-21-52(22-34-60)70-66-48-13-25-56(26-14-48)78(5-2)38-36-64-74-62/h11-34,45-46H,4-10,35-44H2,1-3H3. The summed E-state index contributed by atoms with van der Waals surface area (Å²) < 4.78 is 81.6. The zero-order valence-electron chi connectivity index (χ0n) is 50.1. The van der Waals surface area contributed by atoms with Gasteiger partial charge in [-0.25, -0.2) is 25.3 Å². The van der Waals surface area contributed by atoms with Crippen molar-refractivity contribution in [2.24, 2.45) is 40.9 Å². The van der Waals surface area contributed by atoms with Crippen LogP contribution in [0.3, 0.4) is 0 Å². The van der Waals surface area contributed by atoms with Crippen LogP contribution in [0.4, 0.5) is 51.2 Å². The molecule has 0 saturated heterocycles. The highest BCUT2D eigenvalue weighted by Gasteiger charge is 2.18. The molecule has 27 nitrogen and oxygen atoms in total. The first-order valence-corrected chi connectivity index (χ1v) is 34.1. The lowest BCUT2D eigenvalue weighted by atomic mass is 10.2. The minimum atomic E-state index is -3.62. The first kappa shape index (κ1) is 66.2. The summed E-state index contributed by atoms with van der Waals surface area (Å²) in [5, 5.41) is 50.5. The minimum Gasteiger partial charge on any atom is -0.372 e. The smallest absolute Gasteiger partial charge is 0.178 e. The van der Waals surface area contributed by atoms with E-state index < -0.39 is 29.5 Å². The van der Waals surface area contributed by atoms with Gasteiger partial charge >= 0.3 is 0 Å². The van der Waals surface area contributed by atoms with Gasteiger partial charge in [0, 0.05) is 91.6 Å². The van der Waals surface area contributed by atoms with Crippen molar-refractivity contribution in [3.05, 3.63) is 190 Å². The first-order chi connectivity index (χ1) is 43.6. The van der Waals surface area contributed by atoms with Crippen LogP contribution in [0.1, 0.15) is 45.0 Å². The van der Waals surface area contributed by atoms with Gasteiger partial charge in [0.05, 0.1) is 90.5 Å². The van der Waals surface area contributed by atoms with E-state index in [1.165, 1.54) is 36.4 Å². The van der Waals surface area contributed by atoms with Gasteiger partial charge in [-0.3, -0.25) is 9.36 Å². The Bertz CT molecular complexity index is 3950. The number of likely N-dealkylation sites (N-methyl/N-ethyl adjacent to an activating group) is 2. The van der Waals surface area contributed by atoms with Crippen molar-refractivity contribution in [3.63, 3.8) is 0 Å². The monoisotopic (exact) mass is 1280 g/mol. The molecule has 0 aliphatic carbocycles. The average Bonchev–Trinajstić information content (AvgIpc) is 2.42. The van der Waals surface area contributed by atoms with Gasteiger partial charge in [0.2, 0.25) is 0 Å². The van der Waals surface area contributed by atoms with E-state index in [1.807, 2.05) is 99.0 Å². The molecule has 0 fully saturated rings. The zero-order valence-corrected chi connectivity index (χ0v) is 52.5. The van der Waals surface area contributed by atoms with Crippen molar-refractivity contribution >= 4 is 80.7 Å². The minimum absolute atomic E-state index is 0.00597. The summed E-state index contributed by atoms with van der Waals surface area (Å²) in [6, 6.07) is 41.3. The number of aryl methyl sites for hydroxylation is 2. The molecule has 0 N–H and O–H groups in total. The summed E-state index contributed by atoms with van der Waals surface area (Å²) in [6.07, 6.45) is 5.04. The predicted octanol–water partition coefficient (Wildman–Crippen LogP) is 13.2. The third-order valence-electron chi connectivity index (χ3n) is 14.3. The maximum absolute atomic E-state index is 13.4. The molecule has 0 amide bonds. The molecule has 0 radical (unpaired) electrons. The van der Waals surface area contributed by atoms with Gasteiger partial charge in [-0.15, -0.1) is 10.2 Å². The Hall–Kier alpha value is -9.73. The zero-order chi connectivity index (χ0) is 63.8. The van der Waals surface area contributed by atoms with Gasteiger partial charge < -0.3 is 14.7 Å². The van der Waals surface area contributed by atoms with E-state index in [9.17, 15) is 25.3 Å². The molecular weight excluding hydrogens is 1210 g/mol. The highest BCUT2D eigenvalue weighted by atomic mass is 32.2. The van der Waals surface area contributed by atoms with Crippen LogP contribution in [0.5, 0.6) is 0 Å². The maximum Gasteiger partial charge on any atom is 0.178 e. The van der Waals surface area contributed by atoms with Crippen LogP contribution in [-0.4, -0.2) is 125 Å². The summed E-state index contributed by atoms with van der Waals surface area (Å²) in [5.74, 6) is -0.204. The summed E-state index contributed by atoms with van der Waals surface area (Å²) in [4.78, 5) is 12.5. The second-order valence-corrected chi connectivity index (χ2v) is 26.9. The Labute approximate surface area is 522 Å². The molecule has 0 saturated carbocycles. The molecule has 0 aliphatic heterocycles. The first-order valence-electron chi connectivity index (χ1n) is 29.2. The fourth-order valence-electron chi connectivity index (χ4n) is 9.29. The van der Waals surface area contributed by atoms with Gasteiger partial charge in [0.1, 0.15) is 0 Å². The second-order valence-electron chi connectivity index (χ2n) is 20.4. The molecule has 2 heterocycles. The molecule has 8 aromatic rings. The van der Waals surface area contributed by atoms with Crippen LogP contribution < -0.4 is 14.7 Å². The summed E-state index contributed by atoms with van der Waals surface area (Å²) in [5.41, 5.74) is 24.6. The summed E-state index contributed by atoms with van der Waals surface area (Å²) >= 11 is 0. The van der Waals surface area contributed by atoms with Crippen LogP contribution in [0.25, 0.3) is 20.9 Å². The molecule has 30 heteroatoms. The van der Waals surface area contributed by atoms with E-state index in [4.69, 9.17) is 11.1 Å². The van der Waals surface area contributed by atoms with Crippen LogP contribution in [0, 0.1) is 0 Å². The molecule has 90 heavy (non-hydrogen) atoms. The number of aromatic nitrogens is 6. The lowest BCUT2D eigenvalue weighted by molar-refractivity contribution is 0.538. The van der Waals surface area contributed by atoms with Gasteiger partial charge in [0.25, 0.3) is 0 Å². The van der Waals surface area contributed by atoms with Gasteiger partial charge in [-0.05, 0) is 196 Å². The number of sulfone groups is 3. The Balaban J connectivity index is 0.838. The van der Waals surface area contributed by atoms with Crippen molar-refractivity contribution in [2.45, 2.75) is 74.2 Å². The van der Waals surface area contributed by atoms with E-state index in [0.717, 1.165) is 30.2 Å². The lowest BCUT2D eigenvalue weighted by Gasteiger charge is -2.24. The van der Waals surface area contributed by atoms with Crippen molar-refractivity contribution < 1.29 is 25.3 Å². The van der Waals surface area contributed by atoms with E-state index in [1.54, 1.807) is 52.7 Å². The van der Waals surface area contributed by atoms with E-state index in [0.29, 0.717) is 124 Å². The van der Waals surface area contributed by atoms with E-state index in [-0.39, 0.29) is 31.9 Å². The Morgan fingerprint density at radius 3 is 1.01 bits per heavy atom. The lowest BCUT2D eigenvalue weighted by Crippen LogP contribution is -2.31. The third-order valence-corrected chi connectivity index (χ3v) is 19.7. The summed E-state index contributed by atoms with van der Waals surface area (Å²) in [6.45, 7) is 10.9. The van der Waals surface area contributed by atoms with Crippen LogP contribution in [0.2, 0.25) is 0 Å². The highest BCUT2D eigenvalue weighted by Crippen LogP contribution is 2.28. The number of azo groups is 3. The van der Waals surface area contributed by atoms with Gasteiger partial charge in [-0.2, -0.15) is 30.7 Å². The molecule has 0 atom stereocenters. The largest absolute Gasteiger partial charge is 0.372 e. The summed E-state index contributed by atoms with van der Waals surface area (Å²) in [7, 11) is -10.6. The van der Waals surface area contributed by atoms with E-state index in [2.05, 4.69) is 86.1 Å². The van der Waals surface area contributed by atoms with Crippen molar-refractivity contribution in [3.8, 4) is 0 Å². The number of hydrogen-bond donors (Lipinski definition) is 0. The molecule has 0 aliphatic rings. The fourth-order valence-corrected chi connectivity index (χ4v) is 12.8. The van der Waals surface area contributed by atoms with E-state index >= 15 is 0 Å². The Morgan fingerprint density at radius 1 is 0.411 bits per heavy atom. The van der Waals surface area contributed by atoms with Crippen molar-refractivity contribution in [1.82, 2.24) is 30.0 Å². The average molecular weight is 1280 g/mol. The van der Waals surface area contributed by atoms with Crippen molar-refractivity contribution in [2.75, 3.05) is 84.3 Å². The fraction of sp³-hybridized carbons (Fsp3) is 0.333. The molecule has 8 rings (SSSR count). The second kappa shape index (κ2) is 32.5. The predicted molar refractivity (Wildman–Crippen MR) is 346 cm³/mol. The molecular formula is C60H69N21O6S3. The van der Waals surface area contributed by atoms with Gasteiger partial charge in [0.15, 0.2) is 29.5 Å². The number of nitrogens with zero attached hydrogens (tertiary/aromatic N) is 21. The maximum atomic E-state index is 13.4. The van der Waals surface area contributed by atoms with Crippen LogP contribution in [-0.2, 0) is 55.4 Å². The quantitative estimate of drug-likeness (QED) is 0.0203. The molecule has 0 bridgehead atoms. The molecule has 6 aromatic carbocycles. The van der Waals surface area contributed by atoms with Gasteiger partial charge in [-0.1, -0.05) is 27.6 Å². The Morgan fingerprint density at radius 2 is 0.711 bits per heavy atom. The number of azide groups is 2. The molecule has 0 unspecified atom stereocenters. The van der Waals surface area contributed by atoms with Crippen LogP contribution in [0.15, 0.2) is 214 Å². The van der Waals surface area contributed by atoms with Crippen LogP contribution >= 0.6 is 0 Å². The van der Waals surface area contributed by atoms with Crippen molar-refractivity contribution in [1.29, 1.82) is 0 Å². The number of rotatable bonds is 35. The molecule has 468 valence electrons. The SMILES string of the molecule is CCN(CCN=[N+]=[N-])c1ccc(N=Nc2ccc(S(=O)(=O)CCCc3cn(CCN(CCn4cc(CCCS(=O)(=O)c5ccc(N=Nc6ccc(N(CC)CCN=[N+]=[N-])cc6)cc5)nn4)c4ccc(N=Nc5ccc(S(=O)(=O)CC)cc5)cc4)nn3)cc2)cc1. The third kappa shape index (κ3) is 19.6. The highest BCUT2D eigenvalue weighted by molar-refractivity contribution is 7.92. The molecule has 2 aromatic heterocycles. The normalized spacial score (nSPS) is 11.9. The number of benzene rings is 6. The number of hydrogen-bond acceptors (Lipinski definition) is 21.